The molecule has 3 nitrogen and oxygen atoms in total. The first-order chi connectivity index (χ1) is 6.18. The number of carbonyl (C=O) groups excluding carboxylic acids is 1. The first kappa shape index (κ1) is 9.99. The highest BCUT2D eigenvalue weighted by Crippen LogP contribution is 2.02. The molecule has 0 aliphatic heterocycles. The fourth-order valence-corrected chi connectivity index (χ4v) is 1.06. The number of hydrogen-bond acceptors (Lipinski definition) is 3. The number of ketones is 1. The third-order valence-corrected chi connectivity index (χ3v) is 1.82. The van der Waals surface area contributed by atoms with Crippen LogP contribution in [-0.2, 0) is 11.2 Å². The van der Waals surface area contributed by atoms with Gasteiger partial charge in [-0.05, 0) is 25.7 Å². The largest absolute Gasteiger partial charge is 0.472 e. The molecule has 72 valence electrons. The highest BCUT2D eigenvalue weighted by molar-refractivity contribution is 5.80. The van der Waals surface area contributed by atoms with Gasteiger partial charge in [0.15, 0.2) is 0 Å². The molecule has 3 heteroatoms. The molecule has 0 aromatic carbocycles. The Hall–Kier alpha value is -1.09. The first-order valence-electron chi connectivity index (χ1n) is 4.36. The van der Waals surface area contributed by atoms with E-state index in [1.807, 2.05) is 25.1 Å². The van der Waals surface area contributed by atoms with Crippen molar-refractivity contribution >= 4 is 5.78 Å². The molecule has 1 rings (SSSR count). The summed E-state index contributed by atoms with van der Waals surface area (Å²) in [5, 5.41) is 0. The quantitative estimate of drug-likeness (QED) is 0.687. The lowest BCUT2D eigenvalue weighted by atomic mass is 10.1. The summed E-state index contributed by atoms with van der Waals surface area (Å²) in [6, 6.07) is 1.83. The molecule has 0 saturated heterocycles. The summed E-state index contributed by atoms with van der Waals surface area (Å²) < 4.78 is 4.88. The van der Waals surface area contributed by atoms with Gasteiger partial charge in [0.25, 0.3) is 0 Å². The van der Waals surface area contributed by atoms with Crippen LogP contribution >= 0.6 is 0 Å². The summed E-state index contributed by atoms with van der Waals surface area (Å²) in [6.07, 6.45) is 4.31. The van der Waals surface area contributed by atoms with Crippen molar-refractivity contribution in [1.82, 2.24) is 4.90 Å². The van der Waals surface area contributed by atoms with Crippen LogP contribution in [0.2, 0.25) is 0 Å². The van der Waals surface area contributed by atoms with Crippen LogP contribution < -0.4 is 0 Å². The summed E-state index contributed by atoms with van der Waals surface area (Å²) in [6.45, 7) is 0.816. The third-order valence-electron chi connectivity index (χ3n) is 1.82. The normalized spacial score (nSPS) is 10.7. The SMILES string of the molecule is CN(C)CCC(=O)Cc1ccoc1. The Morgan fingerprint density at radius 1 is 1.54 bits per heavy atom. The van der Waals surface area contributed by atoms with Gasteiger partial charge in [0, 0.05) is 19.4 Å². The molecule has 0 fully saturated rings. The molecule has 0 spiro atoms. The first-order valence-corrected chi connectivity index (χ1v) is 4.36. The lowest BCUT2D eigenvalue weighted by molar-refractivity contribution is -0.118. The molecule has 1 heterocycles. The summed E-state index contributed by atoms with van der Waals surface area (Å²) >= 11 is 0. The Morgan fingerprint density at radius 3 is 2.85 bits per heavy atom. The summed E-state index contributed by atoms with van der Waals surface area (Å²) in [4.78, 5) is 13.4. The van der Waals surface area contributed by atoms with Gasteiger partial charge < -0.3 is 9.32 Å². The second kappa shape index (κ2) is 4.82. The second-order valence-corrected chi connectivity index (χ2v) is 3.40. The molecule has 0 bridgehead atoms. The maximum atomic E-state index is 11.3. The molecule has 0 saturated carbocycles. The zero-order chi connectivity index (χ0) is 9.68. The summed E-state index contributed by atoms with van der Waals surface area (Å²) in [7, 11) is 3.93. The predicted molar refractivity (Wildman–Crippen MR) is 50.6 cm³/mol. The van der Waals surface area contributed by atoms with Gasteiger partial charge in [0.05, 0.1) is 12.5 Å². The van der Waals surface area contributed by atoms with Crippen LogP contribution in [0.4, 0.5) is 0 Å². The van der Waals surface area contributed by atoms with Crippen molar-refractivity contribution < 1.29 is 9.21 Å². The van der Waals surface area contributed by atoms with E-state index in [2.05, 4.69) is 0 Å². The van der Waals surface area contributed by atoms with Crippen molar-refractivity contribution in [2.24, 2.45) is 0 Å². The second-order valence-electron chi connectivity index (χ2n) is 3.40. The van der Waals surface area contributed by atoms with Crippen LogP contribution in [0.1, 0.15) is 12.0 Å². The topological polar surface area (TPSA) is 33.5 Å². The maximum absolute atomic E-state index is 11.3. The predicted octanol–water partition coefficient (Wildman–Crippen LogP) is 1.34. The van der Waals surface area contributed by atoms with E-state index in [0.29, 0.717) is 12.8 Å². The standard InChI is InChI=1S/C10H15NO2/c1-11(2)5-3-10(12)7-9-4-6-13-8-9/h4,6,8H,3,5,7H2,1-2H3. The Morgan fingerprint density at radius 2 is 2.31 bits per heavy atom. The van der Waals surface area contributed by atoms with Gasteiger partial charge in [-0.15, -0.1) is 0 Å². The number of carbonyl (C=O) groups is 1. The Labute approximate surface area is 78.3 Å². The van der Waals surface area contributed by atoms with Gasteiger partial charge in [-0.25, -0.2) is 0 Å². The minimum atomic E-state index is 0.259. The average molecular weight is 181 g/mol. The molecule has 0 unspecified atom stereocenters. The molecule has 0 N–H and O–H groups in total. The van der Waals surface area contributed by atoms with E-state index in [9.17, 15) is 4.79 Å². The van der Waals surface area contributed by atoms with Crippen molar-refractivity contribution in [3.8, 4) is 0 Å². The van der Waals surface area contributed by atoms with E-state index < -0.39 is 0 Å². The summed E-state index contributed by atoms with van der Waals surface area (Å²) in [5.74, 6) is 0.259. The molecule has 0 aliphatic carbocycles. The summed E-state index contributed by atoms with van der Waals surface area (Å²) in [5.41, 5.74) is 0.962. The van der Waals surface area contributed by atoms with E-state index in [-0.39, 0.29) is 5.78 Å². The smallest absolute Gasteiger partial charge is 0.138 e. The molecule has 0 amide bonds. The van der Waals surface area contributed by atoms with E-state index >= 15 is 0 Å². The van der Waals surface area contributed by atoms with Crippen molar-refractivity contribution in [2.75, 3.05) is 20.6 Å². The average Bonchev–Trinajstić information content (AvgIpc) is 2.53. The minimum Gasteiger partial charge on any atom is -0.472 e. The molecular weight excluding hydrogens is 166 g/mol. The lowest BCUT2D eigenvalue weighted by Gasteiger charge is -2.07. The van der Waals surface area contributed by atoms with Crippen LogP contribution in [0.25, 0.3) is 0 Å². The monoisotopic (exact) mass is 181 g/mol. The van der Waals surface area contributed by atoms with Gasteiger partial charge in [-0.3, -0.25) is 4.79 Å². The van der Waals surface area contributed by atoms with Crippen LogP contribution in [0, 0.1) is 0 Å². The number of Topliss-reactive ketones (excluding diaryl/α,β-unsaturated/α-hetero) is 1. The Kier molecular flexibility index (Phi) is 3.71. The van der Waals surface area contributed by atoms with Crippen LogP contribution in [0.5, 0.6) is 0 Å². The highest BCUT2D eigenvalue weighted by atomic mass is 16.3. The van der Waals surface area contributed by atoms with E-state index in [1.54, 1.807) is 12.5 Å². The fraction of sp³-hybridized carbons (Fsp3) is 0.500. The van der Waals surface area contributed by atoms with Gasteiger partial charge in [-0.2, -0.15) is 0 Å². The number of furan rings is 1. The Bertz CT molecular complexity index is 252. The van der Waals surface area contributed by atoms with Crippen LogP contribution in [-0.4, -0.2) is 31.3 Å². The number of nitrogens with zero attached hydrogens (tertiary/aromatic N) is 1. The maximum Gasteiger partial charge on any atom is 0.138 e. The minimum absolute atomic E-state index is 0.259. The molecule has 1 aromatic heterocycles. The van der Waals surface area contributed by atoms with Crippen molar-refractivity contribution in [2.45, 2.75) is 12.8 Å². The fourth-order valence-electron chi connectivity index (χ4n) is 1.06. The van der Waals surface area contributed by atoms with E-state index in [4.69, 9.17) is 4.42 Å². The molecular formula is C10H15NO2. The molecule has 13 heavy (non-hydrogen) atoms. The van der Waals surface area contributed by atoms with Crippen LogP contribution in [0.15, 0.2) is 23.0 Å². The third kappa shape index (κ3) is 3.90. The van der Waals surface area contributed by atoms with Gasteiger partial charge in [0.2, 0.25) is 0 Å². The van der Waals surface area contributed by atoms with Crippen molar-refractivity contribution in [3.05, 3.63) is 24.2 Å². The van der Waals surface area contributed by atoms with E-state index in [0.717, 1.165) is 12.1 Å². The van der Waals surface area contributed by atoms with Gasteiger partial charge in [-0.1, -0.05) is 0 Å². The zero-order valence-electron chi connectivity index (χ0n) is 8.12. The number of rotatable bonds is 5. The molecule has 0 aliphatic rings. The van der Waals surface area contributed by atoms with Crippen LogP contribution in [0.3, 0.4) is 0 Å². The van der Waals surface area contributed by atoms with Crippen molar-refractivity contribution in [3.63, 3.8) is 0 Å². The lowest BCUT2D eigenvalue weighted by Crippen LogP contribution is -2.17. The molecule has 0 radical (unpaired) electrons. The zero-order valence-corrected chi connectivity index (χ0v) is 8.12. The molecule has 1 aromatic rings. The van der Waals surface area contributed by atoms with Gasteiger partial charge >= 0.3 is 0 Å². The van der Waals surface area contributed by atoms with Crippen molar-refractivity contribution in [1.29, 1.82) is 0 Å². The Balaban J connectivity index is 2.26. The highest BCUT2D eigenvalue weighted by Gasteiger charge is 2.04. The van der Waals surface area contributed by atoms with E-state index in [1.165, 1.54) is 0 Å². The van der Waals surface area contributed by atoms with Gasteiger partial charge in [0.1, 0.15) is 5.78 Å². The molecule has 0 atom stereocenters. The number of hydrogen-bond donors (Lipinski definition) is 0.